The number of hydrogen-bond acceptors (Lipinski definition) is 7. The average Bonchev–Trinajstić information content (AvgIpc) is 3.27. The van der Waals surface area contributed by atoms with Crippen molar-refractivity contribution in [2.45, 2.75) is 18.9 Å². The van der Waals surface area contributed by atoms with E-state index in [-0.39, 0.29) is 6.10 Å². The van der Waals surface area contributed by atoms with E-state index in [1.165, 1.54) is 0 Å². The zero-order chi connectivity index (χ0) is 15.6. The molecule has 0 saturated carbocycles. The van der Waals surface area contributed by atoms with Crippen LogP contribution in [0.15, 0.2) is 40.4 Å². The van der Waals surface area contributed by atoms with E-state index >= 15 is 0 Å². The van der Waals surface area contributed by atoms with Crippen LogP contribution in [0.4, 0.5) is 5.82 Å². The number of anilines is 1. The first kappa shape index (κ1) is 14.3. The molecule has 4 heterocycles. The Morgan fingerprint density at radius 1 is 1.22 bits per heavy atom. The van der Waals surface area contributed by atoms with Gasteiger partial charge in [-0.1, -0.05) is 11.2 Å². The van der Waals surface area contributed by atoms with E-state index in [0.29, 0.717) is 11.7 Å². The van der Waals surface area contributed by atoms with Crippen molar-refractivity contribution in [3.8, 4) is 22.2 Å². The quantitative estimate of drug-likeness (QED) is 0.797. The number of nitrogens with zero attached hydrogens (tertiary/aromatic N) is 4. The van der Waals surface area contributed by atoms with Crippen LogP contribution in [-0.4, -0.2) is 39.4 Å². The number of hydrogen-bond donors (Lipinski definition) is 1. The molecule has 0 bridgehead atoms. The maximum absolute atomic E-state index is 9.57. The van der Waals surface area contributed by atoms with E-state index in [2.05, 4.69) is 20.0 Å². The highest BCUT2D eigenvalue weighted by Gasteiger charge is 2.18. The van der Waals surface area contributed by atoms with Gasteiger partial charge in [-0.3, -0.25) is 0 Å². The Balaban J connectivity index is 1.52. The van der Waals surface area contributed by atoms with Crippen molar-refractivity contribution in [1.82, 2.24) is 15.1 Å². The molecule has 1 aliphatic heterocycles. The second kappa shape index (κ2) is 6.10. The molecule has 4 rings (SSSR count). The van der Waals surface area contributed by atoms with Gasteiger partial charge in [0, 0.05) is 19.3 Å². The predicted molar refractivity (Wildman–Crippen MR) is 88.3 cm³/mol. The molecular formula is C16H16N4O2S. The average molecular weight is 328 g/mol. The molecule has 1 saturated heterocycles. The predicted octanol–water partition coefficient (Wildman–Crippen LogP) is 2.82. The van der Waals surface area contributed by atoms with Crippen molar-refractivity contribution in [1.29, 1.82) is 0 Å². The first-order valence-electron chi connectivity index (χ1n) is 7.56. The van der Waals surface area contributed by atoms with Crippen molar-refractivity contribution in [2.24, 2.45) is 0 Å². The van der Waals surface area contributed by atoms with Crippen LogP contribution in [0.25, 0.3) is 22.2 Å². The number of pyridine rings is 1. The summed E-state index contributed by atoms with van der Waals surface area (Å²) in [6.45, 7) is 1.66. The van der Waals surface area contributed by atoms with E-state index in [1.807, 2.05) is 29.6 Å². The summed E-state index contributed by atoms with van der Waals surface area (Å²) in [6.07, 6.45) is 3.15. The van der Waals surface area contributed by atoms with Crippen LogP contribution in [0.2, 0.25) is 0 Å². The number of aliphatic hydroxyl groups excluding tert-OH is 1. The molecule has 0 radical (unpaired) electrons. The monoisotopic (exact) mass is 328 g/mol. The summed E-state index contributed by atoms with van der Waals surface area (Å²) in [6, 6.07) is 7.83. The Labute approximate surface area is 137 Å². The molecule has 0 unspecified atom stereocenters. The molecule has 0 amide bonds. The van der Waals surface area contributed by atoms with Crippen LogP contribution in [0.3, 0.4) is 0 Å². The summed E-state index contributed by atoms with van der Waals surface area (Å²) in [5.41, 5.74) is 0.807. The Kier molecular flexibility index (Phi) is 3.80. The van der Waals surface area contributed by atoms with Crippen molar-refractivity contribution in [2.75, 3.05) is 18.0 Å². The van der Waals surface area contributed by atoms with Gasteiger partial charge < -0.3 is 14.5 Å². The molecule has 6 nitrogen and oxygen atoms in total. The zero-order valence-corrected chi connectivity index (χ0v) is 13.2. The maximum atomic E-state index is 9.57. The van der Waals surface area contributed by atoms with Gasteiger partial charge in [-0.25, -0.2) is 4.98 Å². The third-order valence-corrected chi connectivity index (χ3v) is 4.82. The van der Waals surface area contributed by atoms with Gasteiger partial charge in [0.25, 0.3) is 5.89 Å². The molecule has 1 aliphatic rings. The number of thiophene rings is 1. The summed E-state index contributed by atoms with van der Waals surface area (Å²) < 4.78 is 5.33. The highest BCUT2D eigenvalue weighted by molar-refractivity contribution is 7.13. The fourth-order valence-electron chi connectivity index (χ4n) is 2.64. The molecule has 1 N–H and O–H groups in total. The molecule has 7 heteroatoms. The summed E-state index contributed by atoms with van der Waals surface area (Å²) in [7, 11) is 0. The van der Waals surface area contributed by atoms with Crippen LogP contribution in [-0.2, 0) is 0 Å². The highest BCUT2D eigenvalue weighted by atomic mass is 32.1. The lowest BCUT2D eigenvalue weighted by Gasteiger charge is -2.30. The van der Waals surface area contributed by atoms with E-state index in [4.69, 9.17) is 4.52 Å². The lowest BCUT2D eigenvalue weighted by atomic mass is 10.1. The Bertz CT molecular complexity index is 762. The van der Waals surface area contributed by atoms with Gasteiger partial charge in [-0.05, 0) is 36.4 Å². The van der Waals surface area contributed by atoms with Crippen LogP contribution >= 0.6 is 11.3 Å². The van der Waals surface area contributed by atoms with Gasteiger partial charge in [0.05, 0.1) is 16.5 Å². The van der Waals surface area contributed by atoms with Crippen LogP contribution in [0, 0.1) is 0 Å². The number of aliphatic hydroxyl groups is 1. The molecule has 118 valence electrons. The number of aromatic nitrogens is 3. The number of rotatable bonds is 3. The third kappa shape index (κ3) is 2.97. The van der Waals surface area contributed by atoms with Crippen molar-refractivity contribution in [3.63, 3.8) is 0 Å². The second-order valence-corrected chi connectivity index (χ2v) is 6.47. The topological polar surface area (TPSA) is 75.3 Å². The minimum Gasteiger partial charge on any atom is -0.393 e. The molecule has 3 aromatic heterocycles. The van der Waals surface area contributed by atoms with Crippen LogP contribution in [0.1, 0.15) is 12.8 Å². The fourth-order valence-corrected chi connectivity index (χ4v) is 3.29. The molecular weight excluding hydrogens is 312 g/mol. The molecule has 23 heavy (non-hydrogen) atoms. The van der Waals surface area contributed by atoms with Gasteiger partial charge in [0.2, 0.25) is 5.82 Å². The van der Waals surface area contributed by atoms with Gasteiger partial charge >= 0.3 is 0 Å². The first-order valence-corrected chi connectivity index (χ1v) is 8.44. The summed E-state index contributed by atoms with van der Waals surface area (Å²) in [4.78, 5) is 12.1. The van der Waals surface area contributed by atoms with Crippen molar-refractivity contribution < 1.29 is 9.63 Å². The van der Waals surface area contributed by atoms with Crippen molar-refractivity contribution in [3.05, 3.63) is 35.8 Å². The lowest BCUT2D eigenvalue weighted by Crippen LogP contribution is -2.36. The molecule has 0 atom stereocenters. The molecule has 0 aromatic carbocycles. The van der Waals surface area contributed by atoms with Gasteiger partial charge in [0.1, 0.15) is 5.82 Å². The van der Waals surface area contributed by atoms with Gasteiger partial charge in [-0.2, -0.15) is 4.98 Å². The fraction of sp³-hybridized carbons (Fsp3) is 0.312. The van der Waals surface area contributed by atoms with Crippen molar-refractivity contribution >= 4 is 17.2 Å². The van der Waals surface area contributed by atoms with E-state index in [1.54, 1.807) is 17.5 Å². The standard InChI is InChI=1S/C16H16N4O2S/c21-12-5-7-20(8-6-12)14-4-3-11(10-17-14)16-18-15(19-22-16)13-2-1-9-23-13/h1-4,9-10,12,21H,5-8H2. The molecule has 3 aromatic rings. The van der Waals surface area contributed by atoms with Gasteiger partial charge in [-0.15, -0.1) is 11.3 Å². The Morgan fingerprint density at radius 3 is 2.78 bits per heavy atom. The minimum absolute atomic E-state index is 0.181. The highest BCUT2D eigenvalue weighted by Crippen LogP contribution is 2.26. The normalized spacial score (nSPS) is 16.0. The van der Waals surface area contributed by atoms with Crippen LogP contribution in [0.5, 0.6) is 0 Å². The molecule has 1 fully saturated rings. The minimum atomic E-state index is -0.181. The van der Waals surface area contributed by atoms with Crippen LogP contribution < -0.4 is 4.90 Å². The Morgan fingerprint density at radius 2 is 2.09 bits per heavy atom. The maximum Gasteiger partial charge on any atom is 0.259 e. The summed E-state index contributed by atoms with van der Waals surface area (Å²) in [5, 5.41) is 15.6. The molecule has 0 spiro atoms. The number of piperidine rings is 1. The first-order chi connectivity index (χ1) is 11.3. The van der Waals surface area contributed by atoms with Gasteiger partial charge in [0.15, 0.2) is 0 Å². The molecule has 0 aliphatic carbocycles. The lowest BCUT2D eigenvalue weighted by molar-refractivity contribution is 0.145. The third-order valence-electron chi connectivity index (χ3n) is 3.95. The summed E-state index contributed by atoms with van der Waals surface area (Å²) in [5.74, 6) is 1.99. The summed E-state index contributed by atoms with van der Waals surface area (Å²) >= 11 is 1.58. The smallest absolute Gasteiger partial charge is 0.259 e. The van der Waals surface area contributed by atoms with E-state index < -0.39 is 0 Å². The zero-order valence-electron chi connectivity index (χ0n) is 12.4. The van der Waals surface area contributed by atoms with E-state index in [9.17, 15) is 5.11 Å². The van der Waals surface area contributed by atoms with E-state index in [0.717, 1.165) is 42.2 Å². The SMILES string of the molecule is OC1CCN(c2ccc(-c3nc(-c4cccs4)no3)cn2)CC1. The largest absolute Gasteiger partial charge is 0.393 e. The Hall–Kier alpha value is -2.25. The second-order valence-electron chi connectivity index (χ2n) is 5.52.